The highest BCUT2D eigenvalue weighted by molar-refractivity contribution is 7.98. The van der Waals surface area contributed by atoms with Crippen molar-refractivity contribution in [3.05, 3.63) is 71.4 Å². The molecule has 4 nitrogen and oxygen atoms in total. The summed E-state index contributed by atoms with van der Waals surface area (Å²) < 4.78 is 23.7. The first-order chi connectivity index (χ1) is 12.2. The quantitative estimate of drug-likeness (QED) is 0.547. The third-order valence-electron chi connectivity index (χ3n) is 3.74. The molecule has 0 amide bonds. The minimum atomic E-state index is -0.231. The molecule has 0 spiro atoms. The molecule has 2 aromatic carbocycles. The Hall–Kier alpha value is -2.34. The minimum Gasteiger partial charge on any atom is -0.497 e. The summed E-state index contributed by atoms with van der Waals surface area (Å²) >= 11 is 1.46. The molecular weight excluding hydrogens is 339 g/mol. The van der Waals surface area contributed by atoms with Crippen LogP contribution in [0.2, 0.25) is 0 Å². The molecule has 0 atom stereocenters. The van der Waals surface area contributed by atoms with Crippen LogP contribution in [0.15, 0.2) is 58.2 Å². The van der Waals surface area contributed by atoms with Gasteiger partial charge in [-0.3, -0.25) is 0 Å². The zero-order valence-electron chi connectivity index (χ0n) is 13.9. The Morgan fingerprint density at radius 3 is 2.40 bits per heavy atom. The van der Waals surface area contributed by atoms with E-state index in [9.17, 15) is 4.39 Å². The van der Waals surface area contributed by atoms with E-state index < -0.39 is 0 Å². The number of thioether (sulfide) groups is 1. The van der Waals surface area contributed by atoms with Gasteiger partial charge in [-0.15, -0.1) is 10.2 Å². The number of aromatic nitrogens is 2. The molecule has 0 saturated carbocycles. The molecule has 0 aliphatic rings. The van der Waals surface area contributed by atoms with Crippen molar-refractivity contribution in [2.24, 2.45) is 0 Å². The Kier molecular flexibility index (Phi) is 6.06. The summed E-state index contributed by atoms with van der Waals surface area (Å²) in [5.41, 5.74) is 2.27. The largest absolute Gasteiger partial charge is 0.497 e. The second kappa shape index (κ2) is 8.67. The van der Waals surface area contributed by atoms with Crippen LogP contribution in [0.5, 0.6) is 5.75 Å². The van der Waals surface area contributed by atoms with E-state index in [2.05, 4.69) is 22.3 Å². The summed E-state index contributed by atoms with van der Waals surface area (Å²) in [6, 6.07) is 14.5. The van der Waals surface area contributed by atoms with Gasteiger partial charge in [0.2, 0.25) is 5.89 Å². The Labute approximate surface area is 150 Å². The molecule has 0 radical (unpaired) electrons. The Morgan fingerprint density at radius 2 is 1.68 bits per heavy atom. The standard InChI is InChI=1S/C19H19FN2O2S/c1-23-17-11-7-14(8-12-17)3-2-4-18-21-22-19(24-18)25-13-15-5-9-16(20)10-6-15/h5-12H,2-4,13H2,1H3. The molecule has 3 rings (SSSR count). The van der Waals surface area contributed by atoms with Crippen molar-refractivity contribution >= 4 is 11.8 Å². The predicted octanol–water partition coefficient (Wildman–Crippen LogP) is 4.68. The summed E-state index contributed by atoms with van der Waals surface area (Å²) in [6.45, 7) is 0. The van der Waals surface area contributed by atoms with Crippen LogP contribution in [0, 0.1) is 5.82 Å². The molecule has 3 aromatic rings. The highest BCUT2D eigenvalue weighted by atomic mass is 32.2. The van der Waals surface area contributed by atoms with Gasteiger partial charge in [-0.1, -0.05) is 36.0 Å². The van der Waals surface area contributed by atoms with E-state index in [1.54, 1.807) is 19.2 Å². The van der Waals surface area contributed by atoms with Gasteiger partial charge in [-0.05, 0) is 48.2 Å². The number of ether oxygens (including phenoxy) is 1. The summed E-state index contributed by atoms with van der Waals surface area (Å²) in [5.74, 6) is 1.96. The summed E-state index contributed by atoms with van der Waals surface area (Å²) in [6.07, 6.45) is 2.64. The molecular formula is C19H19FN2O2S. The SMILES string of the molecule is COc1ccc(CCCc2nnc(SCc3ccc(F)cc3)o2)cc1. The average Bonchev–Trinajstić information content (AvgIpc) is 3.10. The second-order valence-corrected chi connectivity index (χ2v) is 6.51. The predicted molar refractivity (Wildman–Crippen MR) is 95.3 cm³/mol. The van der Waals surface area contributed by atoms with Crippen molar-refractivity contribution in [1.29, 1.82) is 0 Å². The van der Waals surface area contributed by atoms with Gasteiger partial charge >= 0.3 is 0 Å². The first-order valence-electron chi connectivity index (χ1n) is 8.05. The zero-order chi connectivity index (χ0) is 17.5. The van der Waals surface area contributed by atoms with Gasteiger partial charge in [0.15, 0.2) is 0 Å². The lowest BCUT2D eigenvalue weighted by Gasteiger charge is -2.02. The number of aryl methyl sites for hydroxylation is 2. The number of methoxy groups -OCH3 is 1. The molecule has 0 fully saturated rings. The maximum atomic E-state index is 12.9. The Morgan fingerprint density at radius 1 is 0.960 bits per heavy atom. The molecule has 1 aromatic heterocycles. The van der Waals surface area contributed by atoms with Crippen LogP contribution in [0.1, 0.15) is 23.4 Å². The highest BCUT2D eigenvalue weighted by Crippen LogP contribution is 2.22. The highest BCUT2D eigenvalue weighted by Gasteiger charge is 2.07. The lowest BCUT2D eigenvalue weighted by molar-refractivity contribution is 0.409. The fraction of sp³-hybridized carbons (Fsp3) is 0.263. The number of hydrogen-bond acceptors (Lipinski definition) is 5. The third-order valence-corrected chi connectivity index (χ3v) is 4.63. The first kappa shape index (κ1) is 17.5. The van der Waals surface area contributed by atoms with Gasteiger partial charge in [-0.2, -0.15) is 0 Å². The van der Waals surface area contributed by atoms with Gasteiger partial charge in [0, 0.05) is 12.2 Å². The molecule has 130 valence electrons. The molecule has 0 aliphatic carbocycles. The molecule has 6 heteroatoms. The number of nitrogens with zero attached hydrogens (tertiary/aromatic N) is 2. The average molecular weight is 358 g/mol. The van der Waals surface area contributed by atoms with Crippen molar-refractivity contribution < 1.29 is 13.5 Å². The maximum Gasteiger partial charge on any atom is 0.276 e. The van der Waals surface area contributed by atoms with Crippen LogP contribution in [-0.4, -0.2) is 17.3 Å². The molecule has 0 aliphatic heterocycles. The molecule has 25 heavy (non-hydrogen) atoms. The van der Waals surface area contributed by atoms with E-state index in [0.717, 1.165) is 30.6 Å². The molecule has 1 heterocycles. The maximum absolute atomic E-state index is 12.9. The van der Waals surface area contributed by atoms with Gasteiger partial charge in [0.1, 0.15) is 11.6 Å². The summed E-state index contributed by atoms with van der Waals surface area (Å²) in [7, 11) is 1.66. The van der Waals surface area contributed by atoms with Crippen LogP contribution < -0.4 is 4.74 Å². The van der Waals surface area contributed by atoms with Crippen molar-refractivity contribution in [1.82, 2.24) is 10.2 Å². The number of halogens is 1. The van der Waals surface area contributed by atoms with E-state index in [0.29, 0.717) is 16.9 Å². The number of benzene rings is 2. The van der Waals surface area contributed by atoms with Crippen molar-refractivity contribution in [2.75, 3.05) is 7.11 Å². The lowest BCUT2D eigenvalue weighted by Crippen LogP contribution is -1.91. The van der Waals surface area contributed by atoms with E-state index >= 15 is 0 Å². The monoisotopic (exact) mass is 358 g/mol. The first-order valence-corrected chi connectivity index (χ1v) is 9.04. The Balaban J connectivity index is 1.44. The van der Waals surface area contributed by atoms with Gasteiger partial charge < -0.3 is 9.15 Å². The van der Waals surface area contributed by atoms with Gasteiger partial charge in [-0.25, -0.2) is 4.39 Å². The molecule has 0 unspecified atom stereocenters. The van der Waals surface area contributed by atoms with Crippen molar-refractivity contribution in [2.45, 2.75) is 30.2 Å². The zero-order valence-corrected chi connectivity index (χ0v) is 14.8. The van der Waals surface area contributed by atoms with E-state index in [-0.39, 0.29) is 5.82 Å². The number of rotatable bonds is 8. The van der Waals surface area contributed by atoms with E-state index in [4.69, 9.17) is 9.15 Å². The van der Waals surface area contributed by atoms with Crippen LogP contribution in [0.25, 0.3) is 0 Å². The lowest BCUT2D eigenvalue weighted by atomic mass is 10.1. The smallest absolute Gasteiger partial charge is 0.276 e. The fourth-order valence-electron chi connectivity index (χ4n) is 2.36. The van der Waals surface area contributed by atoms with Crippen LogP contribution in [-0.2, 0) is 18.6 Å². The Bertz CT molecular complexity index is 788. The van der Waals surface area contributed by atoms with Crippen molar-refractivity contribution in [3.8, 4) is 5.75 Å². The summed E-state index contributed by atoms with van der Waals surface area (Å²) in [4.78, 5) is 0. The van der Waals surface area contributed by atoms with Crippen molar-refractivity contribution in [3.63, 3.8) is 0 Å². The van der Waals surface area contributed by atoms with Crippen LogP contribution in [0.4, 0.5) is 4.39 Å². The van der Waals surface area contributed by atoms with E-state index in [1.807, 2.05) is 12.1 Å². The topological polar surface area (TPSA) is 48.2 Å². The second-order valence-electron chi connectivity index (χ2n) is 5.58. The minimum absolute atomic E-state index is 0.231. The molecule has 0 bridgehead atoms. The number of hydrogen-bond donors (Lipinski definition) is 0. The van der Waals surface area contributed by atoms with Gasteiger partial charge in [0.05, 0.1) is 7.11 Å². The van der Waals surface area contributed by atoms with Crippen LogP contribution in [0.3, 0.4) is 0 Å². The molecule has 0 N–H and O–H groups in total. The fourth-order valence-corrected chi connectivity index (χ4v) is 3.10. The van der Waals surface area contributed by atoms with Gasteiger partial charge in [0.25, 0.3) is 5.22 Å². The summed E-state index contributed by atoms with van der Waals surface area (Å²) in [5, 5.41) is 8.68. The normalized spacial score (nSPS) is 10.8. The van der Waals surface area contributed by atoms with E-state index in [1.165, 1.54) is 29.5 Å². The third kappa shape index (κ3) is 5.32. The molecule has 0 saturated heterocycles. The van der Waals surface area contributed by atoms with Crippen LogP contribution >= 0.6 is 11.8 Å².